The van der Waals surface area contributed by atoms with Crippen LogP contribution in [-0.2, 0) is 46.2 Å². The minimum absolute atomic E-state index is 0.111. The summed E-state index contributed by atoms with van der Waals surface area (Å²) in [7, 11) is 1.38. The number of amides is 1. The standard InChI is InChI=1S/C21H27N9O10P2S3/c1-34-14-10-4-36-41(32,43)39-7-2-8(16-11-12(29-45-16)17(22)25-5-24-11)37-9(7)3-35-42(33,44)40-15(14)20(38-10)30-6-26-13-18(30)27-21(23)28-19(13)31/h5-10,13-15,18,20H,2-4H2,1H3,(H,32,43)(H,33,44)(H2,22,24,25)(H3,23,27,28,31)/t7-,8+,9+,10+,13?,14+,15+,18?,20+,41-,42?/m0/s1. The molecule has 11 atom stereocenters. The number of rotatable bonds is 3. The van der Waals surface area contributed by atoms with Gasteiger partial charge in [-0.3, -0.25) is 33.2 Å². The van der Waals surface area contributed by atoms with E-state index in [0.29, 0.717) is 15.9 Å². The predicted octanol–water partition coefficient (Wildman–Crippen LogP) is 0.615. The zero-order chi connectivity index (χ0) is 31.7. The number of nitrogens with one attached hydrogen (secondary N) is 1. The second-order valence-electron chi connectivity index (χ2n) is 10.5. The first-order valence-corrected chi connectivity index (χ1v) is 19.6. The third-order valence-electron chi connectivity index (χ3n) is 7.73. The molecule has 19 nitrogen and oxygen atoms in total. The van der Waals surface area contributed by atoms with Crippen LogP contribution in [0, 0.1) is 0 Å². The normalized spacial score (nSPS) is 41.9. The number of anilines is 1. The van der Waals surface area contributed by atoms with Crippen LogP contribution >= 0.6 is 49.6 Å². The highest BCUT2D eigenvalue weighted by atomic mass is 32.7. The van der Waals surface area contributed by atoms with Gasteiger partial charge in [0, 0.05) is 13.5 Å². The molecule has 5 aliphatic heterocycles. The van der Waals surface area contributed by atoms with E-state index in [1.807, 2.05) is 0 Å². The molecule has 0 aliphatic carbocycles. The number of hydrogen-bond donors (Lipinski definition) is 5. The average Bonchev–Trinajstić information content (AvgIpc) is 3.74. The van der Waals surface area contributed by atoms with E-state index in [-0.39, 0.29) is 31.4 Å². The fourth-order valence-corrected chi connectivity index (χ4v) is 9.60. The van der Waals surface area contributed by atoms with Crippen molar-refractivity contribution >= 4 is 84.7 Å². The number of fused-ring (bicyclic) bond motifs is 5. The zero-order valence-electron chi connectivity index (χ0n) is 23.1. The van der Waals surface area contributed by atoms with Crippen LogP contribution in [0.2, 0.25) is 0 Å². The van der Waals surface area contributed by atoms with Crippen LogP contribution < -0.4 is 16.8 Å². The number of ether oxygens (including phenoxy) is 3. The summed E-state index contributed by atoms with van der Waals surface area (Å²) < 4.78 is 72.8. The van der Waals surface area contributed by atoms with Gasteiger partial charge in [-0.2, -0.15) is 4.37 Å². The van der Waals surface area contributed by atoms with Crippen molar-refractivity contribution in [1.82, 2.24) is 24.6 Å². The van der Waals surface area contributed by atoms with E-state index in [1.165, 1.54) is 24.7 Å². The van der Waals surface area contributed by atoms with Gasteiger partial charge in [0.2, 0.25) is 0 Å². The van der Waals surface area contributed by atoms with Crippen LogP contribution in [0.3, 0.4) is 0 Å². The molecular weight excluding hydrogens is 696 g/mol. The summed E-state index contributed by atoms with van der Waals surface area (Å²) in [6.45, 7) is -8.93. The molecule has 24 heteroatoms. The largest absolute Gasteiger partial charge is 0.386 e. The second-order valence-corrected chi connectivity index (χ2v) is 17.0. The Morgan fingerprint density at radius 1 is 1.07 bits per heavy atom. The number of aromatic nitrogens is 3. The van der Waals surface area contributed by atoms with Crippen LogP contribution in [0.15, 0.2) is 16.3 Å². The van der Waals surface area contributed by atoms with Crippen molar-refractivity contribution in [3.05, 3.63) is 11.2 Å². The molecule has 3 saturated heterocycles. The van der Waals surface area contributed by atoms with Crippen LogP contribution in [0.25, 0.3) is 11.0 Å². The molecule has 3 fully saturated rings. The molecule has 1 amide bonds. The molecule has 2 bridgehead atoms. The van der Waals surface area contributed by atoms with Gasteiger partial charge in [0.25, 0.3) is 5.91 Å². The number of guanidine groups is 1. The van der Waals surface area contributed by atoms with Crippen LogP contribution in [-0.4, -0.2) is 107 Å². The summed E-state index contributed by atoms with van der Waals surface area (Å²) in [5.41, 5.74) is 12.7. The van der Waals surface area contributed by atoms with Crippen LogP contribution in [0.1, 0.15) is 17.4 Å². The van der Waals surface area contributed by atoms with E-state index in [4.69, 9.17) is 43.8 Å². The van der Waals surface area contributed by atoms with Crippen molar-refractivity contribution in [1.29, 1.82) is 0 Å². The van der Waals surface area contributed by atoms with Crippen molar-refractivity contribution in [3.63, 3.8) is 0 Å². The number of nitrogens with zero attached hydrogens (tertiary/aromatic N) is 6. The Kier molecular flexibility index (Phi) is 8.40. The molecule has 7 rings (SSSR count). The maximum Gasteiger partial charge on any atom is 0.386 e. The van der Waals surface area contributed by atoms with Gasteiger partial charge in [0.1, 0.15) is 41.8 Å². The number of thiol groups is 2. The van der Waals surface area contributed by atoms with Gasteiger partial charge in [-0.25, -0.2) is 24.1 Å². The Labute approximate surface area is 269 Å². The third-order valence-corrected chi connectivity index (χ3v) is 11.9. The Morgan fingerprint density at radius 2 is 1.82 bits per heavy atom. The number of carbonyl (C=O) groups excluding carboxylic acids is 1. The molecule has 0 saturated carbocycles. The van der Waals surface area contributed by atoms with E-state index in [2.05, 4.69) is 54.1 Å². The minimum atomic E-state index is -4.18. The smallest absolute Gasteiger partial charge is 0.382 e. The van der Waals surface area contributed by atoms with Gasteiger partial charge in [0.15, 0.2) is 30.2 Å². The van der Waals surface area contributed by atoms with Crippen LogP contribution in [0.4, 0.5) is 5.82 Å². The summed E-state index contributed by atoms with van der Waals surface area (Å²) in [5.74, 6) is -0.359. The highest BCUT2D eigenvalue weighted by molar-refractivity contribution is 8.44. The summed E-state index contributed by atoms with van der Waals surface area (Å²) in [6.07, 6.45) is -4.60. The maximum absolute atomic E-state index is 13.7. The SMILES string of the molecule is CO[C@H]1[C@H]2OP(=O)(S)OC[C@H]3O[C@@H](c4snc5c(N)ncnc45)C[C@@H]3O[P@@](=O)(S)OC[C@H]1O[C@H]2N1C=NC2C(=O)NC(N)=NC21. The van der Waals surface area contributed by atoms with Gasteiger partial charge in [-0.1, -0.05) is 24.5 Å². The zero-order valence-corrected chi connectivity index (χ0v) is 27.5. The number of carbonyl (C=O) groups is 1. The predicted molar refractivity (Wildman–Crippen MR) is 164 cm³/mol. The highest BCUT2D eigenvalue weighted by Gasteiger charge is 2.55. The van der Waals surface area contributed by atoms with E-state index < -0.39 is 74.6 Å². The van der Waals surface area contributed by atoms with Gasteiger partial charge in [-0.05, 0) is 11.5 Å². The van der Waals surface area contributed by atoms with Gasteiger partial charge in [-0.15, -0.1) is 0 Å². The lowest BCUT2D eigenvalue weighted by Gasteiger charge is -2.34. The lowest BCUT2D eigenvalue weighted by atomic mass is 10.1. The Hall–Kier alpha value is -1.94. The van der Waals surface area contributed by atoms with Crippen molar-refractivity contribution in [2.45, 2.75) is 61.5 Å². The maximum atomic E-state index is 13.7. The summed E-state index contributed by atoms with van der Waals surface area (Å²) in [4.78, 5) is 31.3. The molecule has 0 radical (unpaired) electrons. The monoisotopic (exact) mass is 723 g/mol. The highest BCUT2D eigenvalue weighted by Crippen LogP contribution is 2.60. The number of hydrogen-bond acceptors (Lipinski definition) is 19. The molecule has 5 N–H and O–H groups in total. The fourth-order valence-electron chi connectivity index (χ4n) is 5.74. The molecule has 2 aromatic rings. The molecule has 45 heavy (non-hydrogen) atoms. The van der Waals surface area contributed by atoms with E-state index in [0.717, 1.165) is 11.5 Å². The molecule has 2 aromatic heterocycles. The van der Waals surface area contributed by atoms with E-state index in [9.17, 15) is 13.9 Å². The first kappa shape index (κ1) is 31.6. The lowest BCUT2D eigenvalue weighted by molar-refractivity contribution is -0.124. The Balaban J connectivity index is 1.16. The average molecular weight is 724 g/mol. The number of aliphatic imine (C=N–C) groups is 2. The molecule has 7 heterocycles. The molecule has 244 valence electrons. The first-order chi connectivity index (χ1) is 21.4. The Morgan fingerprint density at radius 3 is 2.60 bits per heavy atom. The molecule has 0 spiro atoms. The minimum Gasteiger partial charge on any atom is -0.382 e. The van der Waals surface area contributed by atoms with Gasteiger partial charge >= 0.3 is 13.6 Å². The molecular formula is C21H27N9O10P2S3. The number of methoxy groups -OCH3 is 1. The first-order valence-electron chi connectivity index (χ1n) is 13.4. The second kappa shape index (κ2) is 11.9. The van der Waals surface area contributed by atoms with Gasteiger partial charge < -0.3 is 30.6 Å². The lowest BCUT2D eigenvalue weighted by Crippen LogP contribution is -2.57. The van der Waals surface area contributed by atoms with Crippen molar-refractivity contribution in [2.24, 2.45) is 15.7 Å². The molecule has 0 aromatic carbocycles. The van der Waals surface area contributed by atoms with Gasteiger partial charge in [0.05, 0.1) is 36.6 Å². The third kappa shape index (κ3) is 6.00. The molecule has 3 unspecified atom stereocenters. The summed E-state index contributed by atoms with van der Waals surface area (Å²) >= 11 is 9.56. The van der Waals surface area contributed by atoms with E-state index in [1.54, 1.807) is 0 Å². The number of nitrogens with two attached hydrogens (primary N) is 2. The number of nitrogen functional groups attached to an aromatic ring is 1. The topological polar surface area (TPSA) is 247 Å². The van der Waals surface area contributed by atoms with Crippen LogP contribution in [0.5, 0.6) is 0 Å². The Bertz CT molecular complexity index is 1670. The van der Waals surface area contributed by atoms with Crippen molar-refractivity contribution in [3.8, 4) is 0 Å². The molecule has 5 aliphatic rings. The van der Waals surface area contributed by atoms with Crippen molar-refractivity contribution < 1.29 is 46.2 Å². The van der Waals surface area contributed by atoms with E-state index >= 15 is 0 Å². The quantitative estimate of drug-likeness (QED) is 0.215. The fraction of sp³-hybridized carbons (Fsp3) is 0.619. The summed E-state index contributed by atoms with van der Waals surface area (Å²) in [5, 5.41) is 2.42. The summed E-state index contributed by atoms with van der Waals surface area (Å²) in [6, 6.07) is -0.920. The van der Waals surface area contributed by atoms with Crippen molar-refractivity contribution in [2.75, 3.05) is 26.1 Å².